The van der Waals surface area contributed by atoms with Crippen LogP contribution < -0.4 is 10.1 Å². The van der Waals surface area contributed by atoms with Gasteiger partial charge in [0, 0.05) is 0 Å². The molecule has 1 saturated heterocycles. The molecule has 3 nitrogen and oxygen atoms in total. The number of nitrogens with one attached hydrogen (secondary N) is 1. The molecule has 0 spiro atoms. The first-order valence-corrected chi connectivity index (χ1v) is 6.64. The summed E-state index contributed by atoms with van der Waals surface area (Å²) in [5.74, 6) is 1.20. The average molecular weight is 249 g/mol. The predicted molar refractivity (Wildman–Crippen MR) is 72.9 cm³/mol. The normalized spacial score (nSPS) is 20.4. The van der Waals surface area contributed by atoms with Crippen molar-refractivity contribution in [1.29, 1.82) is 0 Å². The fraction of sp³-hybridized carbons (Fsp3) is 0.600. The van der Waals surface area contributed by atoms with Crippen LogP contribution >= 0.6 is 0 Å². The first-order chi connectivity index (χ1) is 8.55. The molecule has 1 unspecified atom stereocenters. The summed E-state index contributed by atoms with van der Waals surface area (Å²) in [5, 5.41) is 14.2. The molecule has 1 fully saturated rings. The number of hydrogen-bond acceptors (Lipinski definition) is 3. The van der Waals surface area contributed by atoms with Crippen LogP contribution in [0.25, 0.3) is 0 Å². The van der Waals surface area contributed by atoms with Gasteiger partial charge < -0.3 is 15.2 Å². The van der Waals surface area contributed by atoms with Gasteiger partial charge in [-0.25, -0.2) is 0 Å². The van der Waals surface area contributed by atoms with Crippen LogP contribution in [0.15, 0.2) is 18.2 Å². The standard InChI is InChI=1S/C15H23NO2/c1-11-10-13(4-5-14(11)18-3)15(2,17)12-6-8-16-9-7-12/h4-5,10,12,16-17H,6-9H2,1-3H3. The lowest BCUT2D eigenvalue weighted by Gasteiger charge is -2.36. The number of methoxy groups -OCH3 is 1. The molecule has 1 aromatic rings. The molecule has 2 rings (SSSR count). The average Bonchev–Trinajstić information content (AvgIpc) is 2.39. The zero-order chi connectivity index (χ0) is 13.2. The molecule has 100 valence electrons. The van der Waals surface area contributed by atoms with Crippen LogP contribution in [0.3, 0.4) is 0 Å². The van der Waals surface area contributed by atoms with Crippen molar-refractivity contribution in [1.82, 2.24) is 5.32 Å². The quantitative estimate of drug-likeness (QED) is 0.863. The van der Waals surface area contributed by atoms with Crippen molar-refractivity contribution in [2.75, 3.05) is 20.2 Å². The summed E-state index contributed by atoms with van der Waals surface area (Å²) in [5.41, 5.74) is 1.32. The van der Waals surface area contributed by atoms with Crippen LogP contribution in [0.4, 0.5) is 0 Å². The van der Waals surface area contributed by atoms with E-state index in [9.17, 15) is 5.11 Å². The summed E-state index contributed by atoms with van der Waals surface area (Å²) in [4.78, 5) is 0. The molecule has 0 aliphatic carbocycles. The zero-order valence-electron chi connectivity index (χ0n) is 11.5. The van der Waals surface area contributed by atoms with Crippen LogP contribution in [-0.2, 0) is 5.60 Å². The lowest BCUT2D eigenvalue weighted by atomic mass is 9.77. The summed E-state index contributed by atoms with van der Waals surface area (Å²) in [6.45, 7) is 5.94. The van der Waals surface area contributed by atoms with E-state index in [0.29, 0.717) is 5.92 Å². The monoisotopic (exact) mass is 249 g/mol. The second-order valence-electron chi connectivity index (χ2n) is 5.36. The van der Waals surface area contributed by atoms with Crippen LogP contribution in [0, 0.1) is 12.8 Å². The van der Waals surface area contributed by atoms with E-state index in [4.69, 9.17) is 4.74 Å². The van der Waals surface area contributed by atoms with Gasteiger partial charge in [0.25, 0.3) is 0 Å². The van der Waals surface area contributed by atoms with E-state index in [-0.39, 0.29) is 0 Å². The van der Waals surface area contributed by atoms with E-state index >= 15 is 0 Å². The Bertz CT molecular complexity index is 409. The Morgan fingerprint density at radius 1 is 1.33 bits per heavy atom. The Balaban J connectivity index is 2.25. The van der Waals surface area contributed by atoms with Gasteiger partial charge in [-0.05, 0) is 69.0 Å². The maximum atomic E-state index is 10.8. The molecule has 18 heavy (non-hydrogen) atoms. The lowest BCUT2D eigenvalue weighted by Crippen LogP contribution is -2.39. The van der Waals surface area contributed by atoms with Crippen LogP contribution in [0.1, 0.15) is 30.9 Å². The van der Waals surface area contributed by atoms with Gasteiger partial charge in [-0.1, -0.05) is 6.07 Å². The molecule has 1 aliphatic heterocycles. The fourth-order valence-corrected chi connectivity index (χ4v) is 2.81. The molecule has 0 radical (unpaired) electrons. The minimum Gasteiger partial charge on any atom is -0.496 e. The number of piperidine rings is 1. The first kappa shape index (κ1) is 13.4. The van der Waals surface area contributed by atoms with E-state index in [0.717, 1.165) is 42.8 Å². The number of ether oxygens (including phenoxy) is 1. The second-order valence-corrected chi connectivity index (χ2v) is 5.36. The Morgan fingerprint density at radius 2 is 2.00 bits per heavy atom. The van der Waals surface area contributed by atoms with Gasteiger partial charge in [-0.2, -0.15) is 0 Å². The molecule has 0 aromatic heterocycles. The van der Waals surface area contributed by atoms with Gasteiger partial charge in [0.05, 0.1) is 12.7 Å². The number of aryl methyl sites for hydroxylation is 1. The second kappa shape index (κ2) is 5.29. The summed E-state index contributed by atoms with van der Waals surface area (Å²) >= 11 is 0. The maximum absolute atomic E-state index is 10.8. The summed E-state index contributed by atoms with van der Waals surface area (Å²) in [6.07, 6.45) is 2.05. The molecule has 2 N–H and O–H groups in total. The molecule has 3 heteroatoms. The molecule has 1 aromatic carbocycles. The molecule has 0 amide bonds. The van der Waals surface area contributed by atoms with E-state index in [1.807, 2.05) is 32.0 Å². The number of aliphatic hydroxyl groups is 1. The van der Waals surface area contributed by atoms with Crippen molar-refractivity contribution in [2.45, 2.75) is 32.3 Å². The molecule has 1 aliphatic rings. The predicted octanol–water partition coefficient (Wildman–Crippen LogP) is 2.21. The van der Waals surface area contributed by atoms with E-state index in [1.165, 1.54) is 0 Å². The van der Waals surface area contributed by atoms with Crippen LogP contribution in [0.5, 0.6) is 5.75 Å². The summed E-state index contributed by atoms with van der Waals surface area (Å²) < 4.78 is 5.27. The Hall–Kier alpha value is -1.06. The van der Waals surface area contributed by atoms with Crippen LogP contribution in [-0.4, -0.2) is 25.3 Å². The first-order valence-electron chi connectivity index (χ1n) is 6.64. The number of hydrogen-bond donors (Lipinski definition) is 2. The molecule has 1 heterocycles. The molecular formula is C15H23NO2. The number of rotatable bonds is 3. The third kappa shape index (κ3) is 2.52. The minimum atomic E-state index is -0.751. The van der Waals surface area contributed by atoms with Crippen molar-refractivity contribution in [3.63, 3.8) is 0 Å². The highest BCUT2D eigenvalue weighted by molar-refractivity contribution is 5.38. The molecular weight excluding hydrogens is 226 g/mol. The summed E-state index contributed by atoms with van der Waals surface area (Å²) in [6, 6.07) is 5.97. The van der Waals surface area contributed by atoms with Crippen molar-refractivity contribution < 1.29 is 9.84 Å². The third-order valence-electron chi connectivity index (χ3n) is 4.11. The minimum absolute atomic E-state index is 0.326. The Morgan fingerprint density at radius 3 is 2.56 bits per heavy atom. The Labute approximate surface area is 109 Å². The summed E-state index contributed by atoms with van der Waals surface area (Å²) in [7, 11) is 1.67. The van der Waals surface area contributed by atoms with Crippen LogP contribution in [0.2, 0.25) is 0 Å². The van der Waals surface area contributed by atoms with Crippen molar-refractivity contribution in [2.24, 2.45) is 5.92 Å². The highest BCUT2D eigenvalue weighted by atomic mass is 16.5. The smallest absolute Gasteiger partial charge is 0.121 e. The molecule has 0 bridgehead atoms. The number of benzene rings is 1. The van der Waals surface area contributed by atoms with Gasteiger partial charge in [0.1, 0.15) is 5.75 Å². The Kier molecular flexibility index (Phi) is 3.93. The van der Waals surface area contributed by atoms with Gasteiger partial charge >= 0.3 is 0 Å². The topological polar surface area (TPSA) is 41.5 Å². The highest BCUT2D eigenvalue weighted by Crippen LogP contribution is 2.36. The van der Waals surface area contributed by atoms with E-state index in [2.05, 4.69) is 5.32 Å². The maximum Gasteiger partial charge on any atom is 0.121 e. The molecule has 1 atom stereocenters. The van der Waals surface area contributed by atoms with Crippen molar-refractivity contribution >= 4 is 0 Å². The van der Waals surface area contributed by atoms with Gasteiger partial charge in [-0.3, -0.25) is 0 Å². The SMILES string of the molecule is COc1ccc(C(C)(O)C2CCNCC2)cc1C. The van der Waals surface area contributed by atoms with Gasteiger partial charge in [0.15, 0.2) is 0 Å². The van der Waals surface area contributed by atoms with Gasteiger partial charge in [-0.15, -0.1) is 0 Å². The van der Waals surface area contributed by atoms with E-state index < -0.39 is 5.60 Å². The lowest BCUT2D eigenvalue weighted by molar-refractivity contribution is -0.0187. The highest BCUT2D eigenvalue weighted by Gasteiger charge is 2.34. The zero-order valence-corrected chi connectivity index (χ0v) is 11.5. The molecule has 0 saturated carbocycles. The van der Waals surface area contributed by atoms with Crippen molar-refractivity contribution in [3.8, 4) is 5.75 Å². The largest absolute Gasteiger partial charge is 0.496 e. The third-order valence-corrected chi connectivity index (χ3v) is 4.11. The van der Waals surface area contributed by atoms with Gasteiger partial charge in [0.2, 0.25) is 0 Å². The fourth-order valence-electron chi connectivity index (χ4n) is 2.81. The van der Waals surface area contributed by atoms with Crippen molar-refractivity contribution in [3.05, 3.63) is 29.3 Å². The van der Waals surface area contributed by atoms with E-state index in [1.54, 1.807) is 7.11 Å².